The van der Waals surface area contributed by atoms with Crippen LogP contribution >= 0.6 is 23.1 Å². The molecule has 9 heteroatoms. The number of anilines is 1. The highest BCUT2D eigenvalue weighted by Gasteiger charge is 2.11. The van der Waals surface area contributed by atoms with Crippen molar-refractivity contribution in [3.8, 4) is 10.7 Å². The molecule has 28 heavy (non-hydrogen) atoms. The smallest absolute Gasteiger partial charge is 0.338 e. The second-order valence-corrected chi connectivity index (χ2v) is 7.74. The quantitative estimate of drug-likeness (QED) is 0.308. The third kappa shape index (κ3) is 5.67. The highest BCUT2D eigenvalue weighted by molar-refractivity contribution is 7.99. The Morgan fingerprint density at radius 2 is 2.07 bits per heavy atom. The second kappa shape index (κ2) is 10.0. The topological polar surface area (TPSA) is 97.0 Å². The zero-order valence-corrected chi connectivity index (χ0v) is 16.9. The van der Waals surface area contributed by atoms with E-state index in [-0.39, 0.29) is 17.6 Å². The zero-order chi connectivity index (χ0) is 19.8. The molecule has 0 bridgehead atoms. The molecule has 0 aliphatic rings. The summed E-state index contributed by atoms with van der Waals surface area (Å²) in [6.45, 7) is 2.45. The molecule has 0 spiro atoms. The molecule has 0 saturated carbocycles. The van der Waals surface area contributed by atoms with Crippen LogP contribution in [0, 0.1) is 0 Å². The van der Waals surface area contributed by atoms with Crippen molar-refractivity contribution in [2.24, 2.45) is 0 Å². The number of carbonyl (C=O) groups excluding carboxylic acids is 2. The number of thiophene rings is 1. The molecule has 146 valence electrons. The molecule has 3 rings (SSSR count). The van der Waals surface area contributed by atoms with E-state index in [9.17, 15) is 9.59 Å². The SMILES string of the molecule is CCCCOC(=O)c1ccc(NC(=O)CSc2n[nH]c(-c3cccs3)n2)cc1. The third-order valence-electron chi connectivity index (χ3n) is 3.69. The normalized spacial score (nSPS) is 10.6. The number of aromatic amines is 1. The van der Waals surface area contributed by atoms with Crippen molar-refractivity contribution in [3.05, 3.63) is 47.3 Å². The van der Waals surface area contributed by atoms with Crippen molar-refractivity contribution < 1.29 is 14.3 Å². The average Bonchev–Trinajstić information content (AvgIpc) is 3.39. The number of benzene rings is 1. The molecule has 7 nitrogen and oxygen atoms in total. The van der Waals surface area contributed by atoms with Gasteiger partial charge in [0.2, 0.25) is 11.1 Å². The molecule has 0 radical (unpaired) electrons. The zero-order valence-electron chi connectivity index (χ0n) is 15.3. The first-order valence-electron chi connectivity index (χ1n) is 8.82. The van der Waals surface area contributed by atoms with E-state index in [2.05, 4.69) is 20.5 Å². The van der Waals surface area contributed by atoms with Crippen LogP contribution in [0.3, 0.4) is 0 Å². The fraction of sp³-hybridized carbons (Fsp3) is 0.263. The van der Waals surface area contributed by atoms with Crippen molar-refractivity contribution in [2.45, 2.75) is 24.9 Å². The maximum atomic E-state index is 12.1. The summed E-state index contributed by atoms with van der Waals surface area (Å²) < 4.78 is 5.16. The summed E-state index contributed by atoms with van der Waals surface area (Å²) in [5, 5.41) is 12.3. The van der Waals surface area contributed by atoms with Crippen molar-refractivity contribution in [3.63, 3.8) is 0 Å². The molecule has 2 aromatic heterocycles. The van der Waals surface area contributed by atoms with Gasteiger partial charge in [-0.2, -0.15) is 0 Å². The van der Waals surface area contributed by atoms with Gasteiger partial charge in [0.25, 0.3) is 0 Å². The number of esters is 1. The Morgan fingerprint density at radius 1 is 1.25 bits per heavy atom. The first kappa shape index (κ1) is 20.1. The maximum absolute atomic E-state index is 12.1. The molecular formula is C19H20N4O3S2. The molecule has 3 aromatic rings. The van der Waals surface area contributed by atoms with E-state index in [4.69, 9.17) is 4.74 Å². The van der Waals surface area contributed by atoms with E-state index in [0.29, 0.717) is 28.8 Å². The van der Waals surface area contributed by atoms with Crippen LogP contribution < -0.4 is 5.32 Å². The van der Waals surface area contributed by atoms with Crippen LogP contribution in [0.25, 0.3) is 10.7 Å². The van der Waals surface area contributed by atoms with E-state index < -0.39 is 0 Å². The lowest BCUT2D eigenvalue weighted by Crippen LogP contribution is -2.14. The minimum Gasteiger partial charge on any atom is -0.462 e. The summed E-state index contributed by atoms with van der Waals surface area (Å²) in [4.78, 5) is 29.4. The molecule has 0 saturated heterocycles. The first-order valence-corrected chi connectivity index (χ1v) is 10.7. The van der Waals surface area contributed by atoms with E-state index >= 15 is 0 Å². The van der Waals surface area contributed by atoms with Gasteiger partial charge >= 0.3 is 5.97 Å². The van der Waals surface area contributed by atoms with Gasteiger partial charge in [-0.15, -0.1) is 16.4 Å². The summed E-state index contributed by atoms with van der Waals surface area (Å²) >= 11 is 2.82. The lowest BCUT2D eigenvalue weighted by atomic mass is 10.2. The molecule has 0 unspecified atom stereocenters. The number of aromatic nitrogens is 3. The molecule has 2 N–H and O–H groups in total. The van der Waals surface area contributed by atoms with Gasteiger partial charge in [0.1, 0.15) is 0 Å². The highest BCUT2D eigenvalue weighted by Crippen LogP contribution is 2.23. The lowest BCUT2D eigenvalue weighted by molar-refractivity contribution is -0.113. The molecule has 0 atom stereocenters. The van der Waals surface area contributed by atoms with E-state index in [1.165, 1.54) is 11.8 Å². The number of ether oxygens (including phenoxy) is 1. The number of carbonyl (C=O) groups is 2. The van der Waals surface area contributed by atoms with Crippen molar-refractivity contribution in [1.82, 2.24) is 15.2 Å². The van der Waals surface area contributed by atoms with Gasteiger partial charge in [0, 0.05) is 5.69 Å². The van der Waals surface area contributed by atoms with Crippen molar-refractivity contribution in [1.29, 1.82) is 0 Å². The second-order valence-electron chi connectivity index (χ2n) is 5.85. The van der Waals surface area contributed by atoms with Gasteiger partial charge in [-0.1, -0.05) is 31.2 Å². The standard InChI is InChI=1S/C19H20N4O3S2/c1-2-3-10-26-18(25)13-6-8-14(9-7-13)20-16(24)12-28-19-21-17(22-23-19)15-5-4-11-27-15/h4-9,11H,2-3,10,12H2,1H3,(H,20,24)(H,21,22,23). The number of rotatable bonds is 9. The highest BCUT2D eigenvalue weighted by atomic mass is 32.2. The number of nitrogens with one attached hydrogen (secondary N) is 2. The van der Waals surface area contributed by atoms with Gasteiger partial charge in [-0.3, -0.25) is 9.89 Å². The fourth-order valence-corrected chi connectivity index (χ4v) is 3.51. The Balaban J connectivity index is 1.46. The number of hydrogen-bond donors (Lipinski definition) is 2. The summed E-state index contributed by atoms with van der Waals surface area (Å²) in [7, 11) is 0. The number of H-pyrrole nitrogens is 1. The first-order chi connectivity index (χ1) is 13.7. The van der Waals surface area contributed by atoms with Crippen LogP contribution in [0.5, 0.6) is 0 Å². The van der Waals surface area contributed by atoms with Gasteiger partial charge in [0.15, 0.2) is 5.82 Å². The van der Waals surface area contributed by atoms with Crippen LogP contribution in [0.4, 0.5) is 5.69 Å². The van der Waals surface area contributed by atoms with Gasteiger partial charge in [-0.25, -0.2) is 9.78 Å². The Bertz CT molecular complexity index is 908. The predicted molar refractivity (Wildman–Crippen MR) is 111 cm³/mol. The minimum absolute atomic E-state index is 0.175. The predicted octanol–water partition coefficient (Wildman–Crippen LogP) is 4.22. The number of amides is 1. The fourth-order valence-electron chi connectivity index (χ4n) is 2.24. The molecule has 0 aliphatic heterocycles. The Labute approximate surface area is 170 Å². The molecular weight excluding hydrogens is 396 g/mol. The molecule has 1 amide bonds. The van der Waals surface area contributed by atoms with Gasteiger partial charge in [0.05, 0.1) is 22.8 Å². The number of thioether (sulfide) groups is 1. The molecule has 2 heterocycles. The Hall–Kier alpha value is -2.65. The van der Waals surface area contributed by atoms with Crippen molar-refractivity contribution in [2.75, 3.05) is 17.7 Å². The van der Waals surface area contributed by atoms with E-state index in [1.54, 1.807) is 35.6 Å². The Morgan fingerprint density at radius 3 is 2.79 bits per heavy atom. The minimum atomic E-state index is -0.354. The summed E-state index contributed by atoms with van der Waals surface area (Å²) in [6, 6.07) is 10.5. The third-order valence-corrected chi connectivity index (χ3v) is 5.41. The summed E-state index contributed by atoms with van der Waals surface area (Å²) in [6.07, 6.45) is 1.82. The lowest BCUT2D eigenvalue weighted by Gasteiger charge is -2.06. The molecule has 0 aliphatic carbocycles. The van der Waals surface area contributed by atoms with Crippen LogP contribution in [-0.4, -0.2) is 39.4 Å². The Kier molecular flexibility index (Phi) is 7.21. The van der Waals surface area contributed by atoms with Crippen LogP contribution in [0.2, 0.25) is 0 Å². The van der Waals surface area contributed by atoms with Gasteiger partial charge < -0.3 is 10.1 Å². The summed E-state index contributed by atoms with van der Waals surface area (Å²) in [5.41, 5.74) is 1.08. The maximum Gasteiger partial charge on any atom is 0.338 e. The van der Waals surface area contributed by atoms with E-state index in [1.807, 2.05) is 24.4 Å². The van der Waals surface area contributed by atoms with Crippen molar-refractivity contribution >= 4 is 40.7 Å². The van der Waals surface area contributed by atoms with Crippen LogP contribution in [0.15, 0.2) is 46.9 Å². The monoisotopic (exact) mass is 416 g/mol. The molecule has 0 fully saturated rings. The number of hydrogen-bond acceptors (Lipinski definition) is 7. The van der Waals surface area contributed by atoms with Gasteiger partial charge in [-0.05, 0) is 42.1 Å². The number of nitrogens with zero attached hydrogens (tertiary/aromatic N) is 2. The largest absolute Gasteiger partial charge is 0.462 e. The summed E-state index contributed by atoms with van der Waals surface area (Å²) in [5.74, 6) is 0.348. The van der Waals surface area contributed by atoms with Crippen LogP contribution in [-0.2, 0) is 9.53 Å². The van der Waals surface area contributed by atoms with Crippen LogP contribution in [0.1, 0.15) is 30.1 Å². The molecule has 1 aromatic carbocycles. The average molecular weight is 417 g/mol. The van der Waals surface area contributed by atoms with E-state index in [0.717, 1.165) is 17.7 Å². The number of unbranched alkanes of at least 4 members (excludes halogenated alkanes) is 1.